The van der Waals surface area contributed by atoms with Crippen molar-refractivity contribution in [2.24, 2.45) is 0 Å². The van der Waals surface area contributed by atoms with E-state index in [1.54, 1.807) is 31.3 Å². The number of para-hydroxylation sites is 1. The largest absolute Gasteiger partial charge is 0.454 e. The zero-order valence-corrected chi connectivity index (χ0v) is 15.1. The van der Waals surface area contributed by atoms with Crippen LogP contribution in [0.15, 0.2) is 42.5 Å². The maximum Gasteiger partial charge on any atom is 0.244 e. The summed E-state index contributed by atoms with van der Waals surface area (Å²) in [6.45, 7) is 0.187. The number of likely N-dealkylation sites (N-methyl/N-ethyl adjacent to an activating group) is 1. The van der Waals surface area contributed by atoms with Gasteiger partial charge in [-0.3, -0.25) is 9.59 Å². The van der Waals surface area contributed by atoms with Crippen molar-refractivity contribution in [3.63, 3.8) is 0 Å². The number of rotatable bonds is 6. The molecule has 0 saturated heterocycles. The molecule has 0 saturated carbocycles. The van der Waals surface area contributed by atoms with Gasteiger partial charge in [-0.15, -0.1) is 0 Å². The number of carbonyl (C=O) groups is 2. The smallest absolute Gasteiger partial charge is 0.244 e. The number of nitrogens with one attached hydrogen (secondary N) is 1. The molecular weight excluding hydrogens is 356 g/mol. The SMILES string of the molecule is CN(CC(=O)Nc1ccccc1Cl)C(=O)CCc1ccc2c(c1)OCO2. The fourth-order valence-electron chi connectivity index (χ4n) is 2.59. The number of carbonyl (C=O) groups excluding carboxylic acids is 2. The summed E-state index contributed by atoms with van der Waals surface area (Å²) in [5.41, 5.74) is 1.51. The molecule has 2 aromatic rings. The van der Waals surface area contributed by atoms with Crippen molar-refractivity contribution in [3.8, 4) is 11.5 Å². The van der Waals surface area contributed by atoms with Crippen molar-refractivity contribution < 1.29 is 19.1 Å². The molecule has 1 aliphatic rings. The summed E-state index contributed by atoms with van der Waals surface area (Å²) in [7, 11) is 1.61. The lowest BCUT2D eigenvalue weighted by Gasteiger charge is -2.17. The average Bonchev–Trinajstić information content (AvgIpc) is 3.09. The van der Waals surface area contributed by atoms with Gasteiger partial charge in [-0.25, -0.2) is 0 Å². The number of hydrogen-bond donors (Lipinski definition) is 1. The number of hydrogen-bond acceptors (Lipinski definition) is 4. The zero-order chi connectivity index (χ0) is 18.5. The van der Waals surface area contributed by atoms with Gasteiger partial charge in [-0.05, 0) is 36.2 Å². The molecule has 1 aliphatic heterocycles. The third-order valence-electron chi connectivity index (χ3n) is 4.02. The first-order valence-electron chi connectivity index (χ1n) is 8.20. The van der Waals surface area contributed by atoms with Gasteiger partial charge in [0, 0.05) is 13.5 Å². The number of aryl methyl sites for hydroxylation is 1. The molecule has 0 aromatic heterocycles. The molecule has 0 radical (unpaired) electrons. The first-order valence-corrected chi connectivity index (χ1v) is 8.57. The number of halogens is 1. The van der Waals surface area contributed by atoms with Gasteiger partial charge in [-0.1, -0.05) is 29.8 Å². The van der Waals surface area contributed by atoms with Crippen LogP contribution in [0.5, 0.6) is 11.5 Å². The van der Waals surface area contributed by atoms with E-state index in [4.69, 9.17) is 21.1 Å². The number of anilines is 1. The Morgan fingerprint density at radius 1 is 1.15 bits per heavy atom. The van der Waals surface area contributed by atoms with E-state index < -0.39 is 0 Å². The van der Waals surface area contributed by atoms with Crippen LogP contribution >= 0.6 is 11.6 Å². The molecular formula is C19H19ClN2O4. The third-order valence-corrected chi connectivity index (χ3v) is 4.35. The Balaban J connectivity index is 1.48. The van der Waals surface area contributed by atoms with Crippen LogP contribution in [0, 0.1) is 0 Å². The highest BCUT2D eigenvalue weighted by Crippen LogP contribution is 2.32. The van der Waals surface area contributed by atoms with E-state index in [0.29, 0.717) is 35.1 Å². The molecule has 2 amide bonds. The molecule has 136 valence electrons. The van der Waals surface area contributed by atoms with Crippen molar-refractivity contribution in [1.29, 1.82) is 0 Å². The first-order chi connectivity index (χ1) is 12.5. The fourth-order valence-corrected chi connectivity index (χ4v) is 2.78. The predicted octanol–water partition coefficient (Wildman–Crippen LogP) is 3.10. The van der Waals surface area contributed by atoms with Crippen LogP contribution in [0.1, 0.15) is 12.0 Å². The van der Waals surface area contributed by atoms with E-state index in [2.05, 4.69) is 5.32 Å². The molecule has 7 heteroatoms. The van der Waals surface area contributed by atoms with Crippen molar-refractivity contribution in [2.75, 3.05) is 25.7 Å². The van der Waals surface area contributed by atoms with Gasteiger partial charge in [0.05, 0.1) is 17.3 Å². The van der Waals surface area contributed by atoms with Crippen LogP contribution in [0.25, 0.3) is 0 Å². The summed E-state index contributed by atoms with van der Waals surface area (Å²) >= 11 is 6.01. The quantitative estimate of drug-likeness (QED) is 0.843. The zero-order valence-electron chi connectivity index (χ0n) is 14.3. The van der Waals surface area contributed by atoms with Crippen molar-refractivity contribution in [3.05, 3.63) is 53.1 Å². The van der Waals surface area contributed by atoms with Gasteiger partial charge in [0.1, 0.15) is 0 Å². The molecule has 1 N–H and O–H groups in total. The molecule has 0 bridgehead atoms. The van der Waals surface area contributed by atoms with Crippen LogP contribution in [0.3, 0.4) is 0 Å². The highest BCUT2D eigenvalue weighted by Gasteiger charge is 2.16. The molecule has 0 fully saturated rings. The monoisotopic (exact) mass is 374 g/mol. The normalized spacial score (nSPS) is 11.9. The van der Waals surface area contributed by atoms with Gasteiger partial charge in [0.25, 0.3) is 0 Å². The maximum atomic E-state index is 12.3. The minimum absolute atomic E-state index is 0.0365. The number of fused-ring (bicyclic) bond motifs is 1. The highest BCUT2D eigenvalue weighted by molar-refractivity contribution is 6.33. The Labute approximate surface area is 156 Å². The van der Waals surface area contributed by atoms with Gasteiger partial charge < -0.3 is 19.7 Å². The Morgan fingerprint density at radius 2 is 1.92 bits per heavy atom. The van der Waals surface area contributed by atoms with Crippen molar-refractivity contribution in [2.45, 2.75) is 12.8 Å². The topological polar surface area (TPSA) is 67.9 Å². The molecule has 26 heavy (non-hydrogen) atoms. The van der Waals surface area contributed by atoms with E-state index >= 15 is 0 Å². The molecule has 6 nitrogen and oxygen atoms in total. The van der Waals surface area contributed by atoms with E-state index in [1.807, 2.05) is 18.2 Å². The van der Waals surface area contributed by atoms with Gasteiger partial charge in [0.15, 0.2) is 11.5 Å². The first kappa shape index (κ1) is 18.1. The summed E-state index contributed by atoms with van der Waals surface area (Å²) in [5.74, 6) is 1.00. The number of amides is 2. The van der Waals surface area contributed by atoms with Crippen molar-refractivity contribution >= 4 is 29.1 Å². The van der Waals surface area contributed by atoms with Crippen LogP contribution in [-0.2, 0) is 16.0 Å². The maximum absolute atomic E-state index is 12.3. The summed E-state index contributed by atoms with van der Waals surface area (Å²) in [6.07, 6.45) is 0.863. The molecule has 0 unspecified atom stereocenters. The van der Waals surface area contributed by atoms with Gasteiger partial charge in [0.2, 0.25) is 18.6 Å². The Bertz CT molecular complexity index is 825. The van der Waals surface area contributed by atoms with Crippen LogP contribution in [-0.4, -0.2) is 37.1 Å². The Kier molecular flexibility index (Phi) is 5.63. The minimum atomic E-state index is -0.294. The van der Waals surface area contributed by atoms with E-state index in [9.17, 15) is 9.59 Å². The standard InChI is InChI=1S/C19H19ClN2O4/c1-22(11-18(23)21-15-5-3-2-4-14(15)20)19(24)9-7-13-6-8-16-17(10-13)26-12-25-16/h2-6,8,10H,7,9,11-12H2,1H3,(H,21,23). The average molecular weight is 375 g/mol. The second-order valence-electron chi connectivity index (χ2n) is 5.97. The van der Waals surface area contributed by atoms with Gasteiger partial charge >= 0.3 is 0 Å². The summed E-state index contributed by atoms with van der Waals surface area (Å²) in [4.78, 5) is 25.8. The molecule has 0 spiro atoms. The van der Waals surface area contributed by atoms with E-state index in [-0.39, 0.29) is 25.2 Å². The summed E-state index contributed by atoms with van der Waals surface area (Å²) < 4.78 is 10.6. The van der Waals surface area contributed by atoms with Crippen LogP contribution in [0.2, 0.25) is 5.02 Å². The number of benzene rings is 2. The molecule has 0 atom stereocenters. The third kappa shape index (κ3) is 4.46. The van der Waals surface area contributed by atoms with Gasteiger partial charge in [-0.2, -0.15) is 0 Å². The lowest BCUT2D eigenvalue weighted by Crippen LogP contribution is -2.35. The molecule has 0 aliphatic carbocycles. The Hall–Kier alpha value is -2.73. The van der Waals surface area contributed by atoms with Crippen molar-refractivity contribution in [1.82, 2.24) is 4.90 Å². The lowest BCUT2D eigenvalue weighted by atomic mass is 10.1. The summed E-state index contributed by atoms with van der Waals surface area (Å²) in [5, 5.41) is 3.16. The summed E-state index contributed by atoms with van der Waals surface area (Å²) in [6, 6.07) is 12.6. The van der Waals surface area contributed by atoms with E-state index in [0.717, 1.165) is 5.56 Å². The fraction of sp³-hybridized carbons (Fsp3) is 0.263. The minimum Gasteiger partial charge on any atom is -0.454 e. The number of nitrogens with zero attached hydrogens (tertiary/aromatic N) is 1. The van der Waals surface area contributed by atoms with Crippen LogP contribution < -0.4 is 14.8 Å². The highest BCUT2D eigenvalue weighted by atomic mass is 35.5. The number of ether oxygens (including phenoxy) is 2. The molecule has 2 aromatic carbocycles. The molecule has 3 rings (SSSR count). The lowest BCUT2D eigenvalue weighted by molar-refractivity contribution is -0.133. The Morgan fingerprint density at radius 3 is 2.73 bits per heavy atom. The second-order valence-corrected chi connectivity index (χ2v) is 6.37. The van der Waals surface area contributed by atoms with E-state index in [1.165, 1.54) is 4.90 Å². The predicted molar refractivity (Wildman–Crippen MR) is 98.6 cm³/mol. The van der Waals surface area contributed by atoms with Crippen LogP contribution in [0.4, 0.5) is 5.69 Å². The second kappa shape index (κ2) is 8.10. The molecule has 1 heterocycles.